The molecule has 1 aromatic heterocycles. The van der Waals surface area contributed by atoms with Crippen LogP contribution in [0, 0.1) is 0 Å². The van der Waals surface area contributed by atoms with Crippen LogP contribution in [0.25, 0.3) is 0 Å². The molecule has 3 rings (SSSR count). The Bertz CT molecular complexity index is 563. The van der Waals surface area contributed by atoms with E-state index in [1.165, 1.54) is 22.2 Å². The third-order valence-electron chi connectivity index (χ3n) is 2.77. The highest BCUT2D eigenvalue weighted by Crippen LogP contribution is 2.45. The zero-order valence-corrected chi connectivity index (χ0v) is 11.5. The maximum absolute atomic E-state index is 5.72. The SMILES string of the molecule is CSc1nc(N)nc(C2Cc3ccccc3S2)n1. The van der Waals surface area contributed by atoms with Crippen LogP contribution in [-0.2, 0) is 6.42 Å². The van der Waals surface area contributed by atoms with Gasteiger partial charge in [-0.1, -0.05) is 30.0 Å². The fourth-order valence-electron chi connectivity index (χ4n) is 1.95. The van der Waals surface area contributed by atoms with Gasteiger partial charge in [0.15, 0.2) is 5.16 Å². The molecule has 1 aliphatic heterocycles. The van der Waals surface area contributed by atoms with E-state index >= 15 is 0 Å². The first-order valence-corrected chi connectivity index (χ1v) is 7.66. The van der Waals surface area contributed by atoms with E-state index < -0.39 is 0 Å². The van der Waals surface area contributed by atoms with Crippen molar-refractivity contribution in [3.8, 4) is 0 Å². The van der Waals surface area contributed by atoms with Crippen molar-refractivity contribution in [2.45, 2.75) is 21.7 Å². The third kappa shape index (κ3) is 2.18. The van der Waals surface area contributed by atoms with Gasteiger partial charge < -0.3 is 5.73 Å². The van der Waals surface area contributed by atoms with E-state index in [4.69, 9.17) is 5.73 Å². The number of nitrogen functional groups attached to an aromatic ring is 1. The van der Waals surface area contributed by atoms with Crippen molar-refractivity contribution in [3.63, 3.8) is 0 Å². The lowest BCUT2D eigenvalue weighted by Gasteiger charge is -2.08. The summed E-state index contributed by atoms with van der Waals surface area (Å²) in [6.07, 6.45) is 2.90. The van der Waals surface area contributed by atoms with Gasteiger partial charge in [0.25, 0.3) is 0 Å². The van der Waals surface area contributed by atoms with Crippen LogP contribution < -0.4 is 5.73 Å². The van der Waals surface area contributed by atoms with E-state index in [0.29, 0.717) is 11.1 Å². The maximum Gasteiger partial charge on any atom is 0.224 e. The van der Waals surface area contributed by atoms with Gasteiger partial charge in [-0.25, -0.2) is 4.98 Å². The van der Waals surface area contributed by atoms with Crippen molar-refractivity contribution in [1.82, 2.24) is 15.0 Å². The molecule has 2 aromatic rings. The molecule has 0 bridgehead atoms. The average Bonchev–Trinajstić information content (AvgIpc) is 2.81. The smallest absolute Gasteiger partial charge is 0.224 e. The number of aromatic nitrogens is 3. The van der Waals surface area contributed by atoms with E-state index in [9.17, 15) is 0 Å². The fourth-order valence-corrected chi connectivity index (χ4v) is 3.56. The Balaban J connectivity index is 1.92. The molecule has 0 saturated heterocycles. The highest BCUT2D eigenvalue weighted by Gasteiger charge is 2.26. The van der Waals surface area contributed by atoms with Crippen LogP contribution >= 0.6 is 23.5 Å². The summed E-state index contributed by atoms with van der Waals surface area (Å²) in [5.41, 5.74) is 7.08. The van der Waals surface area contributed by atoms with Crippen molar-refractivity contribution < 1.29 is 0 Å². The molecule has 0 aliphatic carbocycles. The van der Waals surface area contributed by atoms with Crippen LogP contribution in [0.2, 0.25) is 0 Å². The molecule has 6 heteroatoms. The Morgan fingerprint density at radius 2 is 2.11 bits per heavy atom. The molecule has 1 aromatic carbocycles. The minimum absolute atomic E-state index is 0.249. The van der Waals surface area contributed by atoms with Gasteiger partial charge in [-0.05, 0) is 24.3 Å². The minimum Gasteiger partial charge on any atom is -0.368 e. The maximum atomic E-state index is 5.72. The van der Waals surface area contributed by atoms with Gasteiger partial charge in [-0.15, -0.1) is 11.8 Å². The minimum atomic E-state index is 0.249. The van der Waals surface area contributed by atoms with Crippen molar-refractivity contribution in [2.24, 2.45) is 0 Å². The molecule has 0 saturated carbocycles. The van der Waals surface area contributed by atoms with Gasteiger partial charge in [-0.3, -0.25) is 0 Å². The second-order valence-electron chi connectivity index (χ2n) is 3.96. The lowest BCUT2D eigenvalue weighted by molar-refractivity contribution is 0.784. The molecule has 92 valence electrons. The molecule has 2 N–H and O–H groups in total. The Morgan fingerprint density at radius 3 is 2.89 bits per heavy atom. The van der Waals surface area contributed by atoms with E-state index in [0.717, 1.165) is 12.2 Å². The number of hydrogen-bond acceptors (Lipinski definition) is 6. The fraction of sp³-hybridized carbons (Fsp3) is 0.250. The summed E-state index contributed by atoms with van der Waals surface area (Å²) in [5.74, 6) is 1.09. The zero-order valence-electron chi connectivity index (χ0n) is 9.83. The van der Waals surface area contributed by atoms with Gasteiger partial charge in [-0.2, -0.15) is 9.97 Å². The lowest BCUT2D eigenvalue weighted by Crippen LogP contribution is -2.07. The van der Waals surface area contributed by atoms with Crippen molar-refractivity contribution in [2.75, 3.05) is 12.0 Å². The third-order valence-corrected chi connectivity index (χ3v) is 4.63. The number of fused-ring (bicyclic) bond motifs is 1. The van der Waals surface area contributed by atoms with Gasteiger partial charge in [0.05, 0.1) is 5.25 Å². The molecule has 0 spiro atoms. The van der Waals surface area contributed by atoms with Gasteiger partial charge >= 0.3 is 0 Å². The summed E-state index contributed by atoms with van der Waals surface area (Å²) < 4.78 is 0. The number of anilines is 1. The van der Waals surface area contributed by atoms with Crippen LogP contribution in [0.1, 0.15) is 16.6 Å². The second-order valence-corrected chi connectivity index (χ2v) is 5.97. The molecule has 1 unspecified atom stereocenters. The quantitative estimate of drug-likeness (QED) is 0.850. The lowest BCUT2D eigenvalue weighted by atomic mass is 10.1. The molecule has 1 aliphatic rings. The Morgan fingerprint density at radius 1 is 1.28 bits per heavy atom. The molecule has 4 nitrogen and oxygen atoms in total. The zero-order chi connectivity index (χ0) is 12.5. The number of hydrogen-bond donors (Lipinski definition) is 1. The van der Waals surface area contributed by atoms with E-state index in [1.54, 1.807) is 11.8 Å². The topological polar surface area (TPSA) is 64.7 Å². The average molecular weight is 276 g/mol. The highest BCUT2D eigenvalue weighted by atomic mass is 32.2. The highest BCUT2D eigenvalue weighted by molar-refractivity contribution is 8.00. The normalized spacial score (nSPS) is 17.7. The summed E-state index contributed by atoms with van der Waals surface area (Å²) in [6.45, 7) is 0. The standard InChI is InChI=1S/C12H12N4S2/c1-17-12-15-10(14-11(13)16-12)9-6-7-4-2-3-5-8(7)18-9/h2-5,9H,6H2,1H3,(H2,13,14,15,16). The monoisotopic (exact) mass is 276 g/mol. The van der Waals surface area contributed by atoms with Crippen LogP contribution in [0.5, 0.6) is 0 Å². The van der Waals surface area contributed by atoms with Crippen LogP contribution in [0.3, 0.4) is 0 Å². The number of nitrogens with two attached hydrogens (primary N) is 1. The first-order valence-electron chi connectivity index (χ1n) is 5.56. The number of thioether (sulfide) groups is 2. The molecule has 2 heterocycles. The summed E-state index contributed by atoms with van der Waals surface area (Å²) in [7, 11) is 0. The van der Waals surface area contributed by atoms with Crippen molar-refractivity contribution in [1.29, 1.82) is 0 Å². The van der Waals surface area contributed by atoms with E-state index in [1.807, 2.05) is 6.26 Å². The van der Waals surface area contributed by atoms with Crippen LogP contribution in [0.4, 0.5) is 5.95 Å². The number of nitrogens with zero attached hydrogens (tertiary/aromatic N) is 3. The molecule has 1 atom stereocenters. The predicted molar refractivity (Wildman–Crippen MR) is 74.8 cm³/mol. The second kappa shape index (κ2) is 4.78. The molecular formula is C12H12N4S2. The van der Waals surface area contributed by atoms with Crippen LogP contribution in [0.15, 0.2) is 34.3 Å². The summed E-state index contributed by atoms with van der Waals surface area (Å²) in [5, 5.41) is 0.938. The predicted octanol–water partition coefficient (Wildman–Crippen LogP) is 2.57. The first-order chi connectivity index (χ1) is 8.76. The Hall–Kier alpha value is -1.27. The van der Waals surface area contributed by atoms with E-state index in [-0.39, 0.29) is 5.25 Å². The molecule has 18 heavy (non-hydrogen) atoms. The number of rotatable bonds is 2. The summed E-state index contributed by atoms with van der Waals surface area (Å²) >= 11 is 3.29. The first kappa shape index (κ1) is 11.8. The molecular weight excluding hydrogens is 264 g/mol. The Labute approximate surface area is 114 Å². The molecule has 0 amide bonds. The largest absolute Gasteiger partial charge is 0.368 e. The van der Waals surface area contributed by atoms with E-state index in [2.05, 4.69) is 39.2 Å². The molecule has 0 fully saturated rings. The van der Waals surface area contributed by atoms with Crippen molar-refractivity contribution >= 4 is 29.5 Å². The molecule has 0 radical (unpaired) electrons. The van der Waals surface area contributed by atoms with Gasteiger partial charge in [0.1, 0.15) is 5.82 Å². The number of benzene rings is 1. The van der Waals surface area contributed by atoms with Crippen LogP contribution in [-0.4, -0.2) is 21.2 Å². The van der Waals surface area contributed by atoms with Crippen molar-refractivity contribution in [3.05, 3.63) is 35.7 Å². The van der Waals surface area contributed by atoms with Gasteiger partial charge in [0.2, 0.25) is 5.95 Å². The van der Waals surface area contributed by atoms with Gasteiger partial charge in [0, 0.05) is 4.90 Å². The Kier molecular flexibility index (Phi) is 3.13. The summed E-state index contributed by atoms with van der Waals surface area (Å²) in [4.78, 5) is 14.1. The summed E-state index contributed by atoms with van der Waals surface area (Å²) in [6, 6.07) is 8.42.